The first-order chi connectivity index (χ1) is 11.8. The molecule has 3 aromatic rings. The van der Waals surface area contributed by atoms with Crippen LogP contribution in [0.3, 0.4) is 0 Å². The molecule has 3 rings (SSSR count). The Hall–Kier alpha value is -2.94. The third-order valence-corrected chi connectivity index (χ3v) is 3.91. The minimum absolute atomic E-state index is 0.748. The minimum Gasteiger partial charge on any atom is -0.493 e. The second kappa shape index (κ2) is 7.55. The van der Waals surface area contributed by atoms with Gasteiger partial charge in [-0.15, -0.1) is 0 Å². The smallest absolute Gasteiger partial charge is 0.161 e. The number of ether oxygens (including phenoxy) is 2. The molecule has 2 aromatic carbocycles. The van der Waals surface area contributed by atoms with Gasteiger partial charge in [0.05, 0.1) is 14.2 Å². The second-order valence-corrected chi connectivity index (χ2v) is 5.49. The molecule has 0 saturated heterocycles. The molecule has 1 heterocycles. The van der Waals surface area contributed by atoms with Gasteiger partial charge in [-0.05, 0) is 41.5 Å². The molecule has 24 heavy (non-hydrogen) atoms. The Morgan fingerprint density at radius 3 is 2.38 bits per heavy atom. The lowest BCUT2D eigenvalue weighted by Crippen LogP contribution is -2.01. The van der Waals surface area contributed by atoms with Crippen LogP contribution < -0.4 is 9.47 Å². The van der Waals surface area contributed by atoms with Crippen molar-refractivity contribution in [1.82, 2.24) is 4.57 Å². The van der Waals surface area contributed by atoms with Crippen molar-refractivity contribution in [2.24, 2.45) is 0 Å². The Labute approximate surface area is 142 Å². The molecule has 0 bridgehead atoms. The number of hydrogen-bond acceptors (Lipinski definition) is 2. The van der Waals surface area contributed by atoms with Crippen molar-refractivity contribution in [1.29, 1.82) is 0 Å². The third-order valence-electron chi connectivity index (χ3n) is 3.91. The van der Waals surface area contributed by atoms with E-state index in [9.17, 15) is 0 Å². The van der Waals surface area contributed by atoms with E-state index in [0.29, 0.717) is 0 Å². The van der Waals surface area contributed by atoms with E-state index in [1.165, 1.54) is 11.1 Å². The average Bonchev–Trinajstić information content (AvgIpc) is 3.07. The van der Waals surface area contributed by atoms with E-state index in [-0.39, 0.29) is 0 Å². The van der Waals surface area contributed by atoms with Crippen molar-refractivity contribution in [2.45, 2.75) is 6.54 Å². The first-order valence-corrected chi connectivity index (χ1v) is 7.89. The third kappa shape index (κ3) is 3.69. The summed E-state index contributed by atoms with van der Waals surface area (Å²) < 4.78 is 12.9. The van der Waals surface area contributed by atoms with Crippen LogP contribution >= 0.6 is 0 Å². The molecule has 0 spiro atoms. The highest BCUT2D eigenvalue weighted by Crippen LogP contribution is 2.28. The maximum absolute atomic E-state index is 5.38. The summed E-state index contributed by atoms with van der Waals surface area (Å²) in [6.45, 7) is 0.780. The van der Waals surface area contributed by atoms with E-state index >= 15 is 0 Å². The van der Waals surface area contributed by atoms with Crippen molar-refractivity contribution in [3.63, 3.8) is 0 Å². The fraction of sp³-hybridized carbons (Fsp3) is 0.143. The largest absolute Gasteiger partial charge is 0.493 e. The van der Waals surface area contributed by atoms with Gasteiger partial charge in [0.15, 0.2) is 11.5 Å². The molecule has 0 radical (unpaired) electrons. The SMILES string of the molecule is COc1ccc(Cn2cccc2/C=C/c2ccccc2)cc1OC. The summed E-state index contributed by atoms with van der Waals surface area (Å²) in [6.07, 6.45) is 6.35. The molecule has 122 valence electrons. The van der Waals surface area contributed by atoms with E-state index in [1.54, 1.807) is 14.2 Å². The topological polar surface area (TPSA) is 23.4 Å². The van der Waals surface area contributed by atoms with Crippen molar-refractivity contribution in [3.05, 3.63) is 83.7 Å². The molecule has 0 atom stereocenters. The fourth-order valence-corrected chi connectivity index (χ4v) is 2.64. The molecular weight excluding hydrogens is 298 g/mol. The van der Waals surface area contributed by atoms with Gasteiger partial charge >= 0.3 is 0 Å². The molecule has 0 amide bonds. The molecule has 0 fully saturated rings. The lowest BCUT2D eigenvalue weighted by atomic mass is 10.2. The molecule has 3 nitrogen and oxygen atoms in total. The number of hydrogen-bond donors (Lipinski definition) is 0. The van der Waals surface area contributed by atoms with Crippen molar-refractivity contribution >= 4 is 12.2 Å². The highest BCUT2D eigenvalue weighted by Gasteiger charge is 2.06. The quantitative estimate of drug-likeness (QED) is 0.656. The number of nitrogens with zero attached hydrogens (tertiary/aromatic N) is 1. The summed E-state index contributed by atoms with van der Waals surface area (Å²) in [5.41, 5.74) is 3.52. The zero-order valence-electron chi connectivity index (χ0n) is 14.0. The highest BCUT2D eigenvalue weighted by atomic mass is 16.5. The van der Waals surface area contributed by atoms with Gasteiger partial charge in [0.25, 0.3) is 0 Å². The summed E-state index contributed by atoms with van der Waals surface area (Å²) in [7, 11) is 3.31. The van der Waals surface area contributed by atoms with Crippen LogP contribution in [0, 0.1) is 0 Å². The predicted octanol–water partition coefficient (Wildman–Crippen LogP) is 4.72. The van der Waals surface area contributed by atoms with Crippen molar-refractivity contribution < 1.29 is 9.47 Å². The van der Waals surface area contributed by atoms with E-state index in [4.69, 9.17) is 9.47 Å². The Morgan fingerprint density at radius 1 is 0.833 bits per heavy atom. The number of methoxy groups -OCH3 is 2. The Bertz CT molecular complexity index is 819. The van der Waals surface area contributed by atoms with Crippen LogP contribution in [0.1, 0.15) is 16.8 Å². The van der Waals surface area contributed by atoms with E-state index in [1.807, 2.05) is 30.3 Å². The molecule has 0 aliphatic heterocycles. The Balaban J connectivity index is 1.80. The van der Waals surface area contributed by atoms with Crippen LogP contribution in [-0.4, -0.2) is 18.8 Å². The molecule has 1 aromatic heterocycles. The van der Waals surface area contributed by atoms with Crippen LogP contribution in [0.25, 0.3) is 12.2 Å². The molecular formula is C21H21NO2. The Morgan fingerprint density at radius 2 is 1.62 bits per heavy atom. The first kappa shape index (κ1) is 15.9. The standard InChI is InChI=1S/C21H21NO2/c1-23-20-13-11-18(15-21(20)24-2)16-22-14-6-9-19(22)12-10-17-7-4-3-5-8-17/h3-15H,16H2,1-2H3/b12-10+. The second-order valence-electron chi connectivity index (χ2n) is 5.49. The molecule has 3 heteroatoms. The van der Waals surface area contributed by atoms with E-state index < -0.39 is 0 Å². The molecule has 0 N–H and O–H groups in total. The lowest BCUT2D eigenvalue weighted by Gasteiger charge is -2.11. The van der Waals surface area contributed by atoms with Crippen LogP contribution in [0.2, 0.25) is 0 Å². The summed E-state index contributed by atoms with van der Waals surface area (Å²) in [4.78, 5) is 0. The minimum atomic E-state index is 0.748. The number of rotatable bonds is 6. The molecule has 0 aliphatic rings. The van der Waals surface area contributed by atoms with E-state index in [0.717, 1.165) is 23.7 Å². The maximum atomic E-state index is 5.38. The summed E-state index contributed by atoms with van der Waals surface area (Å²) in [6, 6.07) is 20.5. The zero-order chi connectivity index (χ0) is 16.8. The normalized spacial score (nSPS) is 10.9. The number of benzene rings is 2. The monoisotopic (exact) mass is 319 g/mol. The zero-order valence-corrected chi connectivity index (χ0v) is 14.0. The maximum Gasteiger partial charge on any atom is 0.161 e. The average molecular weight is 319 g/mol. The molecule has 0 saturated carbocycles. The van der Waals surface area contributed by atoms with Gasteiger partial charge in [-0.2, -0.15) is 0 Å². The first-order valence-electron chi connectivity index (χ1n) is 7.89. The van der Waals surface area contributed by atoms with Gasteiger partial charge in [0, 0.05) is 18.4 Å². The van der Waals surface area contributed by atoms with Crippen LogP contribution in [0.5, 0.6) is 11.5 Å². The van der Waals surface area contributed by atoms with Gasteiger partial charge in [0.1, 0.15) is 0 Å². The fourth-order valence-electron chi connectivity index (χ4n) is 2.64. The van der Waals surface area contributed by atoms with Gasteiger partial charge in [-0.25, -0.2) is 0 Å². The summed E-state index contributed by atoms with van der Waals surface area (Å²) in [5, 5.41) is 0. The summed E-state index contributed by atoms with van der Waals surface area (Å²) in [5.74, 6) is 1.50. The van der Waals surface area contributed by atoms with Crippen molar-refractivity contribution in [2.75, 3.05) is 14.2 Å². The molecule has 0 unspecified atom stereocenters. The summed E-state index contributed by atoms with van der Waals surface area (Å²) >= 11 is 0. The van der Waals surface area contributed by atoms with Gasteiger partial charge in [-0.3, -0.25) is 0 Å². The highest BCUT2D eigenvalue weighted by molar-refractivity contribution is 5.68. The number of aromatic nitrogens is 1. The lowest BCUT2D eigenvalue weighted by molar-refractivity contribution is 0.354. The molecule has 0 aliphatic carbocycles. The van der Waals surface area contributed by atoms with Crippen LogP contribution in [0.15, 0.2) is 66.9 Å². The van der Waals surface area contributed by atoms with Gasteiger partial charge in [0.2, 0.25) is 0 Å². The van der Waals surface area contributed by atoms with Crippen molar-refractivity contribution in [3.8, 4) is 11.5 Å². The Kier molecular flexibility index (Phi) is 5.02. The van der Waals surface area contributed by atoms with Crippen LogP contribution in [-0.2, 0) is 6.54 Å². The van der Waals surface area contributed by atoms with Gasteiger partial charge < -0.3 is 14.0 Å². The van der Waals surface area contributed by atoms with Crippen LogP contribution in [0.4, 0.5) is 0 Å². The van der Waals surface area contributed by atoms with E-state index in [2.05, 4.69) is 53.2 Å². The van der Waals surface area contributed by atoms with Gasteiger partial charge in [-0.1, -0.05) is 42.5 Å². The predicted molar refractivity (Wildman–Crippen MR) is 98.5 cm³/mol.